The molecule has 0 aliphatic carbocycles. The van der Waals surface area contributed by atoms with E-state index in [0.29, 0.717) is 24.8 Å². The number of nitrogens with one attached hydrogen (secondary N) is 1. The molecule has 0 radical (unpaired) electrons. The highest BCUT2D eigenvalue weighted by atomic mass is 19.1. The topological polar surface area (TPSA) is 39.1 Å². The van der Waals surface area contributed by atoms with Crippen molar-refractivity contribution in [3.8, 4) is 0 Å². The van der Waals surface area contributed by atoms with Gasteiger partial charge in [0, 0.05) is 31.1 Å². The summed E-state index contributed by atoms with van der Waals surface area (Å²) in [5.74, 6) is 0.737. The Morgan fingerprint density at radius 2 is 2.29 bits per heavy atom. The lowest BCUT2D eigenvalue weighted by atomic mass is 10.2. The van der Waals surface area contributed by atoms with E-state index in [0.717, 1.165) is 31.8 Å². The standard InChI is InChI=1S/C16H20FN3O/c17-15-6-2-1-4-13(15)12-20-8-7-19-16(20)11-18-10-14-5-3-9-21-14/h1-2,4,6-8,14,18H,3,5,9-12H2/t14-/m0/s1. The van der Waals surface area contributed by atoms with Gasteiger partial charge < -0.3 is 14.6 Å². The molecule has 1 aliphatic rings. The van der Waals surface area contributed by atoms with Gasteiger partial charge in [-0.3, -0.25) is 0 Å². The van der Waals surface area contributed by atoms with E-state index >= 15 is 0 Å². The minimum Gasteiger partial charge on any atom is -0.377 e. The monoisotopic (exact) mass is 289 g/mol. The van der Waals surface area contributed by atoms with Crippen LogP contribution in [0.5, 0.6) is 0 Å². The zero-order chi connectivity index (χ0) is 14.5. The van der Waals surface area contributed by atoms with Gasteiger partial charge in [0.15, 0.2) is 0 Å². The Morgan fingerprint density at radius 3 is 3.10 bits per heavy atom. The molecule has 1 fully saturated rings. The third-order valence-electron chi connectivity index (χ3n) is 3.78. The smallest absolute Gasteiger partial charge is 0.128 e. The fraction of sp³-hybridized carbons (Fsp3) is 0.438. The van der Waals surface area contributed by atoms with Crippen LogP contribution >= 0.6 is 0 Å². The summed E-state index contributed by atoms with van der Waals surface area (Å²) in [7, 11) is 0. The van der Waals surface area contributed by atoms with Crippen LogP contribution in [-0.2, 0) is 17.8 Å². The summed E-state index contributed by atoms with van der Waals surface area (Å²) in [6.45, 7) is 2.88. The third-order valence-corrected chi connectivity index (χ3v) is 3.78. The van der Waals surface area contributed by atoms with Crippen molar-refractivity contribution < 1.29 is 9.13 Å². The van der Waals surface area contributed by atoms with Crippen LogP contribution in [-0.4, -0.2) is 28.8 Å². The summed E-state index contributed by atoms with van der Waals surface area (Å²) < 4.78 is 21.3. The van der Waals surface area contributed by atoms with Crippen LogP contribution in [0.25, 0.3) is 0 Å². The molecular weight excluding hydrogens is 269 g/mol. The molecule has 1 N–H and O–H groups in total. The zero-order valence-corrected chi connectivity index (χ0v) is 12.0. The molecule has 2 aromatic rings. The van der Waals surface area contributed by atoms with E-state index in [-0.39, 0.29) is 5.82 Å². The molecule has 0 amide bonds. The number of hydrogen-bond donors (Lipinski definition) is 1. The number of hydrogen-bond acceptors (Lipinski definition) is 3. The van der Waals surface area contributed by atoms with Gasteiger partial charge in [0.05, 0.1) is 19.2 Å². The molecular formula is C16H20FN3O. The molecule has 0 bridgehead atoms. The molecule has 1 aromatic heterocycles. The number of ether oxygens (including phenoxy) is 1. The molecule has 5 heteroatoms. The van der Waals surface area contributed by atoms with Crippen molar-refractivity contribution in [3.63, 3.8) is 0 Å². The number of benzene rings is 1. The molecule has 4 nitrogen and oxygen atoms in total. The number of rotatable bonds is 6. The van der Waals surface area contributed by atoms with E-state index in [4.69, 9.17) is 4.74 Å². The van der Waals surface area contributed by atoms with E-state index in [1.54, 1.807) is 18.3 Å². The van der Waals surface area contributed by atoms with Crippen LogP contribution in [0, 0.1) is 5.82 Å². The fourth-order valence-corrected chi connectivity index (χ4v) is 2.61. The van der Waals surface area contributed by atoms with Gasteiger partial charge in [-0.2, -0.15) is 0 Å². The molecule has 21 heavy (non-hydrogen) atoms. The Morgan fingerprint density at radius 1 is 1.38 bits per heavy atom. The molecule has 1 atom stereocenters. The van der Waals surface area contributed by atoms with Gasteiger partial charge in [0.2, 0.25) is 0 Å². The predicted molar refractivity (Wildman–Crippen MR) is 78.4 cm³/mol. The Balaban J connectivity index is 1.57. The molecule has 1 saturated heterocycles. The average molecular weight is 289 g/mol. The van der Waals surface area contributed by atoms with Crippen molar-refractivity contribution in [3.05, 3.63) is 53.9 Å². The second kappa shape index (κ2) is 6.83. The van der Waals surface area contributed by atoms with Gasteiger partial charge >= 0.3 is 0 Å². The first kappa shape index (κ1) is 14.2. The lowest BCUT2D eigenvalue weighted by molar-refractivity contribution is 0.109. The summed E-state index contributed by atoms with van der Waals surface area (Å²) >= 11 is 0. The van der Waals surface area contributed by atoms with Gasteiger partial charge in [-0.05, 0) is 18.9 Å². The second-order valence-electron chi connectivity index (χ2n) is 5.33. The molecule has 0 unspecified atom stereocenters. The van der Waals surface area contributed by atoms with Gasteiger partial charge in [0.1, 0.15) is 11.6 Å². The van der Waals surface area contributed by atoms with Crippen LogP contribution in [0.15, 0.2) is 36.7 Å². The highest BCUT2D eigenvalue weighted by Crippen LogP contribution is 2.12. The highest BCUT2D eigenvalue weighted by Gasteiger charge is 2.15. The highest BCUT2D eigenvalue weighted by molar-refractivity contribution is 5.18. The minimum absolute atomic E-state index is 0.176. The van der Waals surface area contributed by atoms with Crippen molar-refractivity contribution in [1.29, 1.82) is 0 Å². The van der Waals surface area contributed by atoms with Crippen molar-refractivity contribution in [2.45, 2.75) is 32.0 Å². The Kier molecular flexibility index (Phi) is 4.62. The number of aromatic nitrogens is 2. The van der Waals surface area contributed by atoms with E-state index in [1.807, 2.05) is 16.8 Å². The number of halogens is 1. The van der Waals surface area contributed by atoms with Crippen molar-refractivity contribution in [1.82, 2.24) is 14.9 Å². The maximum atomic E-state index is 13.7. The molecule has 0 spiro atoms. The average Bonchev–Trinajstić information content (AvgIpc) is 3.14. The molecule has 2 heterocycles. The zero-order valence-electron chi connectivity index (χ0n) is 12.0. The quantitative estimate of drug-likeness (QED) is 0.887. The normalized spacial score (nSPS) is 18.2. The predicted octanol–water partition coefficient (Wildman–Crippen LogP) is 2.34. The first-order valence-corrected chi connectivity index (χ1v) is 7.38. The Labute approximate surface area is 124 Å². The SMILES string of the molecule is Fc1ccccc1Cn1ccnc1CNC[C@@H]1CCCO1. The fourth-order valence-electron chi connectivity index (χ4n) is 2.61. The van der Waals surface area contributed by atoms with Crippen LogP contribution in [0.3, 0.4) is 0 Å². The van der Waals surface area contributed by atoms with Crippen LogP contribution in [0.1, 0.15) is 24.2 Å². The second-order valence-corrected chi connectivity index (χ2v) is 5.33. The van der Waals surface area contributed by atoms with Gasteiger partial charge in [-0.25, -0.2) is 9.37 Å². The molecule has 1 aromatic carbocycles. The Hall–Kier alpha value is -1.72. The van der Waals surface area contributed by atoms with E-state index < -0.39 is 0 Å². The first-order chi connectivity index (χ1) is 10.3. The molecule has 1 aliphatic heterocycles. The largest absolute Gasteiger partial charge is 0.377 e. The van der Waals surface area contributed by atoms with Gasteiger partial charge in [-0.1, -0.05) is 18.2 Å². The van der Waals surface area contributed by atoms with Gasteiger partial charge in [-0.15, -0.1) is 0 Å². The van der Waals surface area contributed by atoms with Crippen molar-refractivity contribution in [2.24, 2.45) is 0 Å². The molecule has 3 rings (SSSR count). The minimum atomic E-state index is -0.176. The van der Waals surface area contributed by atoms with Crippen LogP contribution in [0.4, 0.5) is 4.39 Å². The van der Waals surface area contributed by atoms with Crippen LogP contribution < -0.4 is 5.32 Å². The summed E-state index contributed by atoms with van der Waals surface area (Å²) in [4.78, 5) is 4.34. The summed E-state index contributed by atoms with van der Waals surface area (Å²) in [5, 5.41) is 3.37. The van der Waals surface area contributed by atoms with Gasteiger partial charge in [0.25, 0.3) is 0 Å². The lowest BCUT2D eigenvalue weighted by Gasteiger charge is -2.12. The third kappa shape index (κ3) is 3.68. The van der Waals surface area contributed by atoms with Crippen molar-refractivity contribution >= 4 is 0 Å². The molecule has 0 saturated carbocycles. The number of nitrogens with zero attached hydrogens (tertiary/aromatic N) is 2. The number of imidazole rings is 1. The van der Waals surface area contributed by atoms with E-state index in [1.165, 1.54) is 6.07 Å². The van der Waals surface area contributed by atoms with Crippen LogP contribution in [0.2, 0.25) is 0 Å². The summed E-state index contributed by atoms with van der Waals surface area (Å²) in [5.41, 5.74) is 0.677. The maximum Gasteiger partial charge on any atom is 0.128 e. The van der Waals surface area contributed by atoms with E-state index in [9.17, 15) is 4.39 Å². The molecule has 112 valence electrons. The lowest BCUT2D eigenvalue weighted by Crippen LogP contribution is -2.27. The first-order valence-electron chi connectivity index (χ1n) is 7.38. The summed E-state index contributed by atoms with van der Waals surface area (Å²) in [6.07, 6.45) is 6.23. The van der Waals surface area contributed by atoms with E-state index in [2.05, 4.69) is 10.3 Å². The maximum absolute atomic E-state index is 13.7. The Bertz CT molecular complexity index is 578. The summed E-state index contributed by atoms with van der Waals surface area (Å²) in [6, 6.07) is 6.85. The van der Waals surface area contributed by atoms with Crippen molar-refractivity contribution in [2.75, 3.05) is 13.2 Å².